The van der Waals surface area contributed by atoms with E-state index in [2.05, 4.69) is 33.0 Å². The predicted octanol–water partition coefficient (Wildman–Crippen LogP) is 4.14. The third-order valence-electron chi connectivity index (χ3n) is 4.39. The van der Waals surface area contributed by atoms with Crippen molar-refractivity contribution in [3.05, 3.63) is 35.9 Å². The molecule has 0 fully saturated rings. The molecule has 0 aliphatic heterocycles. The number of nitrogens with one attached hydrogen (secondary N) is 1. The summed E-state index contributed by atoms with van der Waals surface area (Å²) in [7, 11) is 0. The number of hydrogen-bond donors (Lipinski definition) is 1. The maximum atomic E-state index is 12.5. The highest BCUT2D eigenvalue weighted by Gasteiger charge is 2.27. The molecule has 0 saturated carbocycles. The van der Waals surface area contributed by atoms with Crippen molar-refractivity contribution in [2.45, 2.75) is 58.9 Å². The average Bonchev–Trinajstić information content (AvgIpc) is 2.56. The lowest BCUT2D eigenvalue weighted by Crippen LogP contribution is -2.32. The van der Waals surface area contributed by atoms with Gasteiger partial charge in [0.05, 0.1) is 5.92 Å². The Morgan fingerprint density at radius 1 is 1.09 bits per heavy atom. The van der Waals surface area contributed by atoms with E-state index in [1.165, 1.54) is 0 Å². The van der Waals surface area contributed by atoms with Gasteiger partial charge in [-0.2, -0.15) is 0 Å². The van der Waals surface area contributed by atoms with Gasteiger partial charge in [0.15, 0.2) is 0 Å². The monoisotopic (exact) mass is 305 g/mol. The van der Waals surface area contributed by atoms with Crippen LogP contribution in [0.5, 0.6) is 0 Å². The van der Waals surface area contributed by atoms with Crippen molar-refractivity contribution in [3.63, 3.8) is 0 Å². The van der Waals surface area contributed by atoms with Crippen molar-refractivity contribution in [2.75, 3.05) is 13.2 Å². The Kier molecular flexibility index (Phi) is 8.83. The summed E-state index contributed by atoms with van der Waals surface area (Å²) in [5.41, 5.74) is 1.05. The van der Waals surface area contributed by atoms with E-state index in [9.17, 15) is 4.79 Å². The Bertz CT molecular complexity index is 415. The predicted molar refractivity (Wildman–Crippen MR) is 92.0 cm³/mol. The quantitative estimate of drug-likeness (QED) is 0.521. The summed E-state index contributed by atoms with van der Waals surface area (Å²) < 4.78 is 5.52. The van der Waals surface area contributed by atoms with Crippen molar-refractivity contribution in [2.24, 2.45) is 5.92 Å². The molecule has 1 rings (SSSR count). The number of rotatable bonds is 10. The number of esters is 1. The molecule has 3 nitrogen and oxygen atoms in total. The number of hydrogen-bond acceptors (Lipinski definition) is 3. The summed E-state index contributed by atoms with van der Waals surface area (Å²) in [6.07, 6.45) is 3.16. The van der Waals surface area contributed by atoms with Crippen molar-refractivity contribution in [3.8, 4) is 0 Å². The van der Waals surface area contributed by atoms with Gasteiger partial charge in [-0.25, -0.2) is 0 Å². The summed E-state index contributed by atoms with van der Waals surface area (Å²) in [4.78, 5) is 12.5. The van der Waals surface area contributed by atoms with Gasteiger partial charge in [0.1, 0.15) is 6.61 Å². The Balaban J connectivity index is 2.55. The van der Waals surface area contributed by atoms with Gasteiger partial charge in [-0.1, -0.05) is 64.4 Å². The van der Waals surface area contributed by atoms with E-state index in [-0.39, 0.29) is 17.8 Å². The molecular formula is C19H31NO2. The molecule has 0 aliphatic carbocycles. The molecule has 1 aromatic carbocycles. The smallest absolute Gasteiger partial charge is 0.313 e. The highest BCUT2D eigenvalue weighted by atomic mass is 16.5. The highest BCUT2D eigenvalue weighted by Crippen LogP contribution is 2.28. The van der Waals surface area contributed by atoms with E-state index in [1.54, 1.807) is 0 Å². The average molecular weight is 305 g/mol. The molecule has 0 aliphatic rings. The van der Waals surface area contributed by atoms with Crippen molar-refractivity contribution in [1.82, 2.24) is 5.32 Å². The van der Waals surface area contributed by atoms with E-state index in [0.29, 0.717) is 12.6 Å². The molecule has 22 heavy (non-hydrogen) atoms. The standard InChI is InChI=1S/C19H31NO2/c1-5-15(4)18(16-11-9-8-10-12-16)19(21)22-14-13-20-17(6-2)7-3/h8-12,15,17-18,20H,5-7,13-14H2,1-4H3. The zero-order chi connectivity index (χ0) is 16.4. The molecule has 0 heterocycles. The van der Waals surface area contributed by atoms with Crippen LogP contribution in [-0.2, 0) is 9.53 Å². The Labute approximate surface area is 135 Å². The van der Waals surface area contributed by atoms with E-state index in [4.69, 9.17) is 4.74 Å². The van der Waals surface area contributed by atoms with Crippen molar-refractivity contribution >= 4 is 5.97 Å². The maximum Gasteiger partial charge on any atom is 0.313 e. The minimum atomic E-state index is -0.167. The molecular weight excluding hydrogens is 274 g/mol. The first-order valence-electron chi connectivity index (χ1n) is 8.58. The summed E-state index contributed by atoms with van der Waals surface area (Å²) >= 11 is 0. The van der Waals surface area contributed by atoms with E-state index >= 15 is 0 Å². The normalized spacial score (nSPS) is 13.9. The van der Waals surface area contributed by atoms with Gasteiger partial charge in [-0.05, 0) is 24.3 Å². The van der Waals surface area contributed by atoms with E-state index in [0.717, 1.165) is 31.4 Å². The first-order chi connectivity index (χ1) is 10.6. The number of carbonyl (C=O) groups is 1. The van der Waals surface area contributed by atoms with Gasteiger partial charge >= 0.3 is 5.97 Å². The third kappa shape index (κ3) is 5.80. The molecule has 1 N–H and O–H groups in total. The Morgan fingerprint density at radius 3 is 2.27 bits per heavy atom. The SMILES string of the molecule is CCC(CC)NCCOC(=O)C(c1ccccc1)C(C)CC. The molecule has 0 saturated heterocycles. The largest absolute Gasteiger partial charge is 0.464 e. The molecule has 1 aromatic rings. The van der Waals surface area contributed by atoms with Gasteiger partial charge in [-0.3, -0.25) is 4.79 Å². The Morgan fingerprint density at radius 2 is 1.73 bits per heavy atom. The lowest BCUT2D eigenvalue weighted by atomic mass is 9.86. The van der Waals surface area contributed by atoms with Crippen LogP contribution in [0.25, 0.3) is 0 Å². The second-order valence-electron chi connectivity index (χ2n) is 5.91. The summed E-state index contributed by atoms with van der Waals surface area (Å²) in [5, 5.41) is 3.42. The number of carbonyl (C=O) groups excluding carboxylic acids is 1. The van der Waals surface area contributed by atoms with E-state index < -0.39 is 0 Å². The molecule has 0 aromatic heterocycles. The number of ether oxygens (including phenoxy) is 1. The van der Waals surface area contributed by atoms with Gasteiger partial charge in [0.25, 0.3) is 0 Å². The first kappa shape index (κ1) is 18.7. The van der Waals surface area contributed by atoms with Crippen LogP contribution in [0.2, 0.25) is 0 Å². The lowest BCUT2D eigenvalue weighted by molar-refractivity contribution is -0.146. The van der Waals surface area contributed by atoms with Crippen LogP contribution in [0.3, 0.4) is 0 Å². The third-order valence-corrected chi connectivity index (χ3v) is 4.39. The van der Waals surface area contributed by atoms with Crippen molar-refractivity contribution in [1.29, 1.82) is 0 Å². The topological polar surface area (TPSA) is 38.3 Å². The maximum absolute atomic E-state index is 12.5. The zero-order valence-corrected chi connectivity index (χ0v) is 14.5. The van der Waals surface area contributed by atoms with Gasteiger partial charge in [0, 0.05) is 12.6 Å². The molecule has 0 spiro atoms. The summed E-state index contributed by atoms with van der Waals surface area (Å²) in [6.45, 7) is 9.72. The Hall–Kier alpha value is -1.35. The second kappa shape index (κ2) is 10.4. The van der Waals surface area contributed by atoms with Crippen molar-refractivity contribution < 1.29 is 9.53 Å². The van der Waals surface area contributed by atoms with Crippen LogP contribution >= 0.6 is 0 Å². The molecule has 2 atom stereocenters. The molecule has 0 radical (unpaired) electrons. The minimum Gasteiger partial charge on any atom is -0.464 e. The van der Waals surface area contributed by atoms with Crippen LogP contribution in [0, 0.1) is 5.92 Å². The molecule has 0 bridgehead atoms. The van der Waals surface area contributed by atoms with Crippen LogP contribution in [0.15, 0.2) is 30.3 Å². The highest BCUT2D eigenvalue weighted by molar-refractivity contribution is 5.78. The summed E-state index contributed by atoms with van der Waals surface area (Å²) in [6, 6.07) is 10.5. The second-order valence-corrected chi connectivity index (χ2v) is 5.91. The fourth-order valence-corrected chi connectivity index (χ4v) is 2.67. The fourth-order valence-electron chi connectivity index (χ4n) is 2.67. The molecule has 0 amide bonds. The lowest BCUT2D eigenvalue weighted by Gasteiger charge is -2.22. The molecule has 2 unspecified atom stereocenters. The van der Waals surface area contributed by atoms with Crippen LogP contribution < -0.4 is 5.32 Å². The van der Waals surface area contributed by atoms with Crippen LogP contribution in [0.1, 0.15) is 58.4 Å². The molecule has 124 valence electrons. The molecule has 3 heteroatoms. The van der Waals surface area contributed by atoms with Gasteiger partial charge in [-0.15, -0.1) is 0 Å². The first-order valence-corrected chi connectivity index (χ1v) is 8.58. The number of benzene rings is 1. The fraction of sp³-hybridized carbons (Fsp3) is 0.632. The summed E-state index contributed by atoms with van der Waals surface area (Å²) in [5.74, 6) is 0.00753. The van der Waals surface area contributed by atoms with E-state index in [1.807, 2.05) is 30.3 Å². The van der Waals surface area contributed by atoms with Crippen LogP contribution in [0.4, 0.5) is 0 Å². The minimum absolute atomic E-state index is 0.105. The zero-order valence-electron chi connectivity index (χ0n) is 14.5. The van der Waals surface area contributed by atoms with Gasteiger partial charge < -0.3 is 10.1 Å². The van der Waals surface area contributed by atoms with Crippen LogP contribution in [-0.4, -0.2) is 25.2 Å². The van der Waals surface area contributed by atoms with Gasteiger partial charge in [0.2, 0.25) is 0 Å².